The summed E-state index contributed by atoms with van der Waals surface area (Å²) in [6, 6.07) is 11.2. The lowest BCUT2D eigenvalue weighted by atomic mass is 9.44. The van der Waals surface area contributed by atoms with Gasteiger partial charge in [0.05, 0.1) is 23.2 Å². The molecule has 2 N–H and O–H groups in total. The molecule has 0 radical (unpaired) electrons. The maximum Gasteiger partial charge on any atom is 0.337 e. The van der Waals surface area contributed by atoms with Crippen LogP contribution in [0, 0.1) is 5.82 Å². The summed E-state index contributed by atoms with van der Waals surface area (Å²) in [4.78, 5) is 28.6. The number of aromatic nitrogens is 1. The van der Waals surface area contributed by atoms with Crippen LogP contribution >= 0.6 is 11.6 Å². The Hall–Kier alpha value is -3.39. The first-order valence-corrected chi connectivity index (χ1v) is 10.8. The first-order chi connectivity index (χ1) is 15.8. The average molecular weight is 470 g/mol. The first kappa shape index (κ1) is 21.5. The van der Waals surface area contributed by atoms with E-state index >= 15 is 0 Å². The molecule has 1 amide bonds. The Labute approximate surface area is 194 Å². The third-order valence-electron chi connectivity index (χ3n) is 6.26. The van der Waals surface area contributed by atoms with E-state index in [0.717, 1.165) is 41.9 Å². The minimum Gasteiger partial charge on any atom is -0.484 e. The smallest absolute Gasteiger partial charge is 0.337 e. The predicted molar refractivity (Wildman–Crippen MR) is 121 cm³/mol. The fraction of sp³-hybridized carbons (Fsp3) is 0.292. The van der Waals surface area contributed by atoms with Crippen molar-refractivity contribution >= 4 is 40.1 Å². The van der Waals surface area contributed by atoms with E-state index in [1.54, 1.807) is 24.4 Å². The van der Waals surface area contributed by atoms with Gasteiger partial charge in [-0.3, -0.25) is 9.78 Å². The molecule has 33 heavy (non-hydrogen) atoms. The highest BCUT2D eigenvalue weighted by Crippen LogP contribution is 2.62. The SMILES string of the molecule is COC(=O)c1ccc2nccc(NC34CC(NC(=O)COc5ccc(Cl)c(F)c5)(C3)C4)c2c1. The number of carbonyl (C=O) groups excluding carboxylic acids is 2. The van der Waals surface area contributed by atoms with E-state index < -0.39 is 11.8 Å². The van der Waals surface area contributed by atoms with Gasteiger partial charge >= 0.3 is 5.97 Å². The molecule has 9 heteroatoms. The van der Waals surface area contributed by atoms with Crippen molar-refractivity contribution in [1.29, 1.82) is 0 Å². The number of hydrogen-bond acceptors (Lipinski definition) is 6. The minimum absolute atomic E-state index is 0.00182. The maximum atomic E-state index is 13.5. The Morgan fingerprint density at radius 3 is 2.64 bits per heavy atom. The Bertz CT molecular complexity index is 1260. The normalized spacial score (nSPS) is 22.6. The lowest BCUT2D eigenvalue weighted by Crippen LogP contribution is -2.81. The second kappa shape index (κ2) is 7.88. The van der Waals surface area contributed by atoms with Gasteiger partial charge in [-0.1, -0.05) is 11.6 Å². The molecule has 3 saturated carbocycles. The van der Waals surface area contributed by atoms with Crippen LogP contribution in [0.25, 0.3) is 10.9 Å². The van der Waals surface area contributed by atoms with Crippen molar-refractivity contribution in [3.05, 3.63) is 65.1 Å². The number of amides is 1. The van der Waals surface area contributed by atoms with Crippen LogP contribution in [0.1, 0.15) is 29.6 Å². The van der Waals surface area contributed by atoms with Gasteiger partial charge in [-0.2, -0.15) is 0 Å². The van der Waals surface area contributed by atoms with Gasteiger partial charge in [0.2, 0.25) is 0 Å². The van der Waals surface area contributed by atoms with E-state index in [0.29, 0.717) is 5.56 Å². The second-order valence-electron chi connectivity index (χ2n) is 8.71. The molecule has 3 aliphatic carbocycles. The predicted octanol–water partition coefficient (Wildman–Crippen LogP) is 4.10. The average Bonchev–Trinajstić information content (AvgIpc) is 2.77. The zero-order valence-corrected chi connectivity index (χ0v) is 18.5. The molecular formula is C24H21ClFN3O4. The summed E-state index contributed by atoms with van der Waals surface area (Å²) in [6.45, 7) is -0.200. The molecular weight excluding hydrogens is 449 g/mol. The number of benzene rings is 2. The molecule has 0 atom stereocenters. The standard InChI is InChI=1S/C24H21ClFN3O4/c1-32-22(31)14-2-5-19-16(8-14)20(6-7-27-19)28-23-11-24(12-23,13-23)29-21(30)10-33-15-3-4-17(25)18(26)9-15/h2-9H,10-13H2,1H3,(H,27,28)(H,29,30). The molecule has 1 heterocycles. The minimum atomic E-state index is -0.593. The summed E-state index contributed by atoms with van der Waals surface area (Å²) in [7, 11) is 1.35. The zero-order chi connectivity index (χ0) is 23.2. The van der Waals surface area contributed by atoms with Gasteiger partial charge in [0, 0.05) is 34.4 Å². The molecule has 1 aromatic heterocycles. The molecule has 7 nitrogen and oxygen atoms in total. The van der Waals surface area contributed by atoms with Crippen LogP contribution in [0.5, 0.6) is 5.75 Å². The quantitative estimate of drug-likeness (QED) is 0.506. The molecule has 2 aromatic carbocycles. The number of halogens is 2. The van der Waals surface area contributed by atoms with Crippen LogP contribution < -0.4 is 15.4 Å². The number of anilines is 1. The number of rotatable bonds is 7. The van der Waals surface area contributed by atoms with Crippen LogP contribution in [0.2, 0.25) is 5.02 Å². The highest BCUT2D eigenvalue weighted by atomic mass is 35.5. The van der Waals surface area contributed by atoms with Crippen LogP contribution in [0.3, 0.4) is 0 Å². The lowest BCUT2D eigenvalue weighted by molar-refractivity contribution is -0.135. The molecule has 6 rings (SSSR count). The van der Waals surface area contributed by atoms with Crippen molar-refractivity contribution < 1.29 is 23.5 Å². The van der Waals surface area contributed by atoms with Crippen LogP contribution in [-0.4, -0.2) is 41.7 Å². The number of nitrogens with zero attached hydrogens (tertiary/aromatic N) is 1. The topological polar surface area (TPSA) is 89.5 Å². The van der Waals surface area contributed by atoms with Gasteiger partial charge in [0.15, 0.2) is 6.61 Å². The number of carbonyl (C=O) groups is 2. The van der Waals surface area contributed by atoms with Gasteiger partial charge in [0.1, 0.15) is 11.6 Å². The van der Waals surface area contributed by atoms with E-state index in [4.69, 9.17) is 21.1 Å². The molecule has 0 spiro atoms. The summed E-state index contributed by atoms with van der Waals surface area (Å²) in [6.07, 6.45) is 4.06. The molecule has 3 fully saturated rings. The largest absolute Gasteiger partial charge is 0.484 e. The van der Waals surface area contributed by atoms with Crippen molar-refractivity contribution in [3.63, 3.8) is 0 Å². The summed E-state index contributed by atoms with van der Waals surface area (Å²) in [5.41, 5.74) is 1.77. The number of esters is 1. The van der Waals surface area contributed by atoms with E-state index in [-0.39, 0.29) is 34.4 Å². The summed E-state index contributed by atoms with van der Waals surface area (Å²) in [5.74, 6) is -0.999. The number of ether oxygens (including phenoxy) is 2. The maximum absolute atomic E-state index is 13.5. The van der Waals surface area contributed by atoms with Gasteiger partial charge in [-0.25, -0.2) is 9.18 Å². The fourth-order valence-electron chi connectivity index (χ4n) is 4.89. The van der Waals surface area contributed by atoms with Crippen LogP contribution in [0.15, 0.2) is 48.7 Å². The van der Waals surface area contributed by atoms with E-state index in [2.05, 4.69) is 15.6 Å². The molecule has 3 aliphatic rings. The van der Waals surface area contributed by atoms with Crippen molar-refractivity contribution in [2.45, 2.75) is 30.3 Å². The van der Waals surface area contributed by atoms with Crippen molar-refractivity contribution in [3.8, 4) is 5.75 Å². The van der Waals surface area contributed by atoms with E-state index in [1.807, 2.05) is 6.07 Å². The van der Waals surface area contributed by atoms with Crippen molar-refractivity contribution in [2.75, 3.05) is 19.0 Å². The van der Waals surface area contributed by atoms with Gasteiger partial charge in [0.25, 0.3) is 5.91 Å². The van der Waals surface area contributed by atoms with Crippen LogP contribution in [0.4, 0.5) is 10.1 Å². The second-order valence-corrected chi connectivity index (χ2v) is 9.12. The summed E-state index contributed by atoms with van der Waals surface area (Å²) in [5, 5.41) is 7.46. The molecule has 2 bridgehead atoms. The number of fused-ring (bicyclic) bond motifs is 1. The van der Waals surface area contributed by atoms with Gasteiger partial charge in [-0.15, -0.1) is 0 Å². The number of pyridine rings is 1. The third kappa shape index (κ3) is 3.95. The highest BCUT2D eigenvalue weighted by Gasteiger charge is 2.68. The van der Waals surface area contributed by atoms with Crippen LogP contribution in [-0.2, 0) is 9.53 Å². The summed E-state index contributed by atoms with van der Waals surface area (Å²) < 4.78 is 23.7. The number of nitrogens with one attached hydrogen (secondary N) is 2. The van der Waals surface area contributed by atoms with Gasteiger partial charge in [-0.05, 0) is 55.7 Å². The number of methoxy groups -OCH3 is 1. The highest BCUT2D eigenvalue weighted by molar-refractivity contribution is 6.30. The first-order valence-electron chi connectivity index (χ1n) is 10.4. The third-order valence-corrected chi connectivity index (χ3v) is 6.56. The van der Waals surface area contributed by atoms with E-state index in [1.165, 1.54) is 19.2 Å². The molecule has 3 aromatic rings. The monoisotopic (exact) mass is 469 g/mol. The van der Waals surface area contributed by atoms with E-state index in [9.17, 15) is 14.0 Å². The Balaban J connectivity index is 1.19. The zero-order valence-electron chi connectivity index (χ0n) is 17.8. The summed E-state index contributed by atoms with van der Waals surface area (Å²) >= 11 is 5.65. The Morgan fingerprint density at radius 2 is 1.91 bits per heavy atom. The molecule has 0 saturated heterocycles. The Morgan fingerprint density at radius 1 is 1.12 bits per heavy atom. The Kier molecular flexibility index (Phi) is 5.12. The fourth-order valence-corrected chi connectivity index (χ4v) is 5.00. The number of hydrogen-bond donors (Lipinski definition) is 2. The van der Waals surface area contributed by atoms with Crippen molar-refractivity contribution in [1.82, 2.24) is 10.3 Å². The molecule has 0 aliphatic heterocycles. The lowest BCUT2D eigenvalue weighted by Gasteiger charge is -2.70. The molecule has 0 unspecified atom stereocenters. The molecule has 170 valence electrons. The van der Waals surface area contributed by atoms with Crippen molar-refractivity contribution in [2.24, 2.45) is 0 Å². The van der Waals surface area contributed by atoms with Gasteiger partial charge < -0.3 is 20.1 Å².